The molecule has 1 amide bonds. The van der Waals surface area contributed by atoms with E-state index in [2.05, 4.69) is 4.74 Å². The quantitative estimate of drug-likeness (QED) is 0.724. The van der Waals surface area contributed by atoms with Gasteiger partial charge in [0.2, 0.25) is 5.91 Å². The third kappa shape index (κ3) is 5.80. The van der Waals surface area contributed by atoms with Crippen LogP contribution in [0.1, 0.15) is 12.0 Å². The summed E-state index contributed by atoms with van der Waals surface area (Å²) < 4.78 is 46.2. The van der Waals surface area contributed by atoms with Crippen molar-refractivity contribution in [1.29, 1.82) is 0 Å². The molecular weight excluding hydrogens is 303 g/mol. The van der Waals surface area contributed by atoms with Crippen molar-refractivity contribution in [3.05, 3.63) is 23.8 Å². The fourth-order valence-corrected chi connectivity index (χ4v) is 1.66. The van der Waals surface area contributed by atoms with Crippen LogP contribution >= 0.6 is 0 Å². The number of benzene rings is 1. The number of rotatable bonds is 7. The van der Waals surface area contributed by atoms with E-state index in [0.29, 0.717) is 6.42 Å². The van der Waals surface area contributed by atoms with Gasteiger partial charge in [-0.25, -0.2) is 5.06 Å². The Morgan fingerprint density at radius 1 is 1.23 bits per heavy atom. The number of amides is 1. The van der Waals surface area contributed by atoms with Crippen LogP contribution in [0.25, 0.3) is 0 Å². The van der Waals surface area contributed by atoms with Gasteiger partial charge in [-0.2, -0.15) is 13.2 Å². The van der Waals surface area contributed by atoms with Crippen molar-refractivity contribution in [1.82, 2.24) is 5.06 Å². The van der Waals surface area contributed by atoms with E-state index in [1.54, 1.807) is 12.1 Å². The van der Waals surface area contributed by atoms with Crippen LogP contribution in [-0.4, -0.2) is 45.0 Å². The zero-order chi connectivity index (χ0) is 16.8. The molecule has 0 bridgehead atoms. The Hall–Kier alpha value is -1.96. The van der Waals surface area contributed by atoms with Gasteiger partial charge in [0, 0.05) is 13.5 Å². The van der Waals surface area contributed by atoms with Crippen molar-refractivity contribution in [2.45, 2.75) is 19.0 Å². The lowest BCUT2D eigenvalue weighted by Gasteiger charge is -2.15. The predicted octanol–water partition coefficient (Wildman–Crippen LogP) is 2.59. The smallest absolute Gasteiger partial charge is 0.422 e. The highest BCUT2D eigenvalue weighted by molar-refractivity contribution is 5.75. The molecule has 0 radical (unpaired) electrons. The molecule has 0 aliphatic rings. The Kier molecular flexibility index (Phi) is 6.48. The topological polar surface area (TPSA) is 48.0 Å². The zero-order valence-corrected chi connectivity index (χ0v) is 12.6. The molecule has 0 aliphatic carbocycles. The molecule has 22 heavy (non-hydrogen) atoms. The highest BCUT2D eigenvalue weighted by Gasteiger charge is 2.29. The van der Waals surface area contributed by atoms with E-state index in [9.17, 15) is 18.0 Å². The van der Waals surface area contributed by atoms with E-state index in [1.807, 2.05) is 0 Å². The Morgan fingerprint density at radius 2 is 1.91 bits per heavy atom. The fourth-order valence-electron chi connectivity index (χ4n) is 1.66. The average molecular weight is 321 g/mol. The van der Waals surface area contributed by atoms with Crippen LogP contribution < -0.4 is 9.47 Å². The summed E-state index contributed by atoms with van der Waals surface area (Å²) in [5.41, 5.74) is 0.745. The summed E-state index contributed by atoms with van der Waals surface area (Å²) in [6, 6.07) is 4.53. The molecule has 0 saturated heterocycles. The molecule has 1 rings (SSSR count). The number of carbonyl (C=O) groups excluding carboxylic acids is 1. The number of hydrogen-bond acceptors (Lipinski definition) is 4. The van der Waals surface area contributed by atoms with Crippen LogP contribution in [0.2, 0.25) is 0 Å². The first-order valence-electron chi connectivity index (χ1n) is 6.44. The van der Waals surface area contributed by atoms with Gasteiger partial charge in [-0.1, -0.05) is 6.07 Å². The number of methoxy groups -OCH3 is 1. The van der Waals surface area contributed by atoms with E-state index in [1.165, 1.54) is 27.3 Å². The van der Waals surface area contributed by atoms with Crippen molar-refractivity contribution in [3.63, 3.8) is 0 Å². The Bertz CT molecular complexity index is 505. The maximum atomic E-state index is 12.2. The van der Waals surface area contributed by atoms with Crippen LogP contribution in [-0.2, 0) is 16.1 Å². The molecule has 0 saturated carbocycles. The van der Waals surface area contributed by atoms with Gasteiger partial charge in [-0.3, -0.25) is 9.63 Å². The first-order valence-corrected chi connectivity index (χ1v) is 6.44. The van der Waals surface area contributed by atoms with Gasteiger partial charge in [0.05, 0.1) is 14.2 Å². The third-order valence-electron chi connectivity index (χ3n) is 2.87. The molecule has 1 aromatic carbocycles. The number of ether oxygens (including phenoxy) is 2. The Morgan fingerprint density at radius 3 is 2.45 bits per heavy atom. The molecule has 8 heteroatoms. The van der Waals surface area contributed by atoms with E-state index in [4.69, 9.17) is 9.57 Å². The van der Waals surface area contributed by atoms with Crippen molar-refractivity contribution < 1.29 is 32.3 Å². The van der Waals surface area contributed by atoms with Gasteiger partial charge in [0.1, 0.15) is 0 Å². The zero-order valence-electron chi connectivity index (χ0n) is 12.6. The maximum Gasteiger partial charge on any atom is 0.422 e. The summed E-state index contributed by atoms with van der Waals surface area (Å²) >= 11 is 0. The molecule has 124 valence electrons. The lowest BCUT2D eigenvalue weighted by molar-refractivity contribution is -0.168. The largest absolute Gasteiger partial charge is 0.493 e. The minimum atomic E-state index is -4.42. The number of alkyl halides is 3. The molecule has 0 fully saturated rings. The van der Waals surface area contributed by atoms with Crippen LogP contribution in [0.15, 0.2) is 18.2 Å². The molecule has 0 aliphatic heterocycles. The molecule has 0 spiro atoms. The number of hydrogen-bond donors (Lipinski definition) is 0. The molecule has 0 atom stereocenters. The van der Waals surface area contributed by atoms with E-state index >= 15 is 0 Å². The van der Waals surface area contributed by atoms with Gasteiger partial charge >= 0.3 is 6.18 Å². The second-order valence-corrected chi connectivity index (χ2v) is 4.46. The SMILES string of the molecule is COc1cc(CCC(=O)N(C)OC)ccc1OCC(F)(F)F. The van der Waals surface area contributed by atoms with Crippen molar-refractivity contribution in [3.8, 4) is 11.5 Å². The molecular formula is C14H18F3NO4. The van der Waals surface area contributed by atoms with Crippen LogP contribution in [0.4, 0.5) is 13.2 Å². The minimum Gasteiger partial charge on any atom is -0.493 e. The number of carbonyl (C=O) groups is 1. The van der Waals surface area contributed by atoms with Crippen molar-refractivity contribution >= 4 is 5.91 Å². The number of nitrogens with zero attached hydrogens (tertiary/aromatic N) is 1. The molecule has 0 unspecified atom stereocenters. The van der Waals surface area contributed by atoms with Crippen molar-refractivity contribution in [2.75, 3.05) is 27.9 Å². The number of halogens is 3. The Balaban J connectivity index is 2.70. The Labute approximate surface area is 126 Å². The van der Waals surface area contributed by atoms with Gasteiger partial charge in [-0.05, 0) is 24.1 Å². The van der Waals surface area contributed by atoms with E-state index in [-0.39, 0.29) is 23.8 Å². The van der Waals surface area contributed by atoms with Gasteiger partial charge in [-0.15, -0.1) is 0 Å². The maximum absolute atomic E-state index is 12.2. The van der Waals surface area contributed by atoms with Gasteiger partial charge in [0.15, 0.2) is 18.1 Å². The monoisotopic (exact) mass is 321 g/mol. The normalized spacial score (nSPS) is 11.2. The lowest BCUT2D eigenvalue weighted by atomic mass is 10.1. The molecule has 5 nitrogen and oxygen atoms in total. The fraction of sp³-hybridized carbons (Fsp3) is 0.500. The van der Waals surface area contributed by atoms with Gasteiger partial charge < -0.3 is 9.47 Å². The number of aryl methyl sites for hydroxylation is 1. The highest BCUT2D eigenvalue weighted by atomic mass is 19.4. The summed E-state index contributed by atoms with van der Waals surface area (Å²) in [5, 5.41) is 1.11. The minimum absolute atomic E-state index is 0.00362. The molecule has 1 aromatic rings. The predicted molar refractivity (Wildman–Crippen MR) is 72.6 cm³/mol. The molecule has 0 N–H and O–H groups in total. The third-order valence-corrected chi connectivity index (χ3v) is 2.87. The van der Waals surface area contributed by atoms with E-state index < -0.39 is 12.8 Å². The van der Waals surface area contributed by atoms with Crippen LogP contribution in [0.3, 0.4) is 0 Å². The first-order chi connectivity index (χ1) is 10.3. The summed E-state index contributed by atoms with van der Waals surface area (Å²) in [5.74, 6) is -0.0166. The highest BCUT2D eigenvalue weighted by Crippen LogP contribution is 2.30. The summed E-state index contributed by atoms with van der Waals surface area (Å²) in [6.45, 7) is -1.39. The van der Waals surface area contributed by atoms with E-state index in [0.717, 1.165) is 10.6 Å². The first kappa shape index (κ1) is 18.1. The van der Waals surface area contributed by atoms with Gasteiger partial charge in [0.25, 0.3) is 0 Å². The molecule has 0 heterocycles. The van der Waals surface area contributed by atoms with Crippen LogP contribution in [0, 0.1) is 0 Å². The molecule has 0 aromatic heterocycles. The summed E-state index contributed by atoms with van der Waals surface area (Å²) in [4.78, 5) is 16.4. The lowest BCUT2D eigenvalue weighted by Crippen LogP contribution is -2.25. The summed E-state index contributed by atoms with van der Waals surface area (Å²) in [7, 11) is 4.22. The van der Waals surface area contributed by atoms with Crippen molar-refractivity contribution in [2.24, 2.45) is 0 Å². The van der Waals surface area contributed by atoms with Crippen LogP contribution in [0.5, 0.6) is 11.5 Å². The number of hydroxylamine groups is 2. The summed E-state index contributed by atoms with van der Waals surface area (Å²) in [6.07, 6.45) is -3.81. The second kappa shape index (κ2) is 7.88. The second-order valence-electron chi connectivity index (χ2n) is 4.46. The average Bonchev–Trinajstić information content (AvgIpc) is 2.49. The standard InChI is InChI=1S/C14H18F3NO4/c1-18(21-3)13(19)7-5-10-4-6-11(12(8-10)20-2)22-9-14(15,16)17/h4,6,8H,5,7,9H2,1-3H3.